The predicted molar refractivity (Wildman–Crippen MR) is 96.2 cm³/mol. The van der Waals surface area contributed by atoms with Gasteiger partial charge in [-0.1, -0.05) is 30.3 Å². The average molecular weight is 402 g/mol. The number of nitrogens with one attached hydrogen (secondary N) is 1. The molecule has 1 aliphatic heterocycles. The molecule has 1 amide bonds. The van der Waals surface area contributed by atoms with Crippen LogP contribution in [0.2, 0.25) is 0 Å². The van der Waals surface area contributed by atoms with Gasteiger partial charge in [0.25, 0.3) is 0 Å². The Morgan fingerprint density at radius 2 is 1.92 bits per heavy atom. The average Bonchev–Trinajstić information content (AvgIpc) is 2.91. The lowest BCUT2D eigenvalue weighted by molar-refractivity contribution is -0.143. The minimum Gasteiger partial charge on any atom is -0.354 e. The molecule has 9 heteroatoms. The molecule has 1 aromatic rings. The lowest BCUT2D eigenvalue weighted by Gasteiger charge is -2.18. The third kappa shape index (κ3) is 8.76. The minimum absolute atomic E-state index is 0. The molecule has 1 heterocycles. The van der Waals surface area contributed by atoms with Crippen LogP contribution in [0.15, 0.2) is 30.3 Å². The Bertz CT molecular complexity index is 517. The van der Waals surface area contributed by atoms with E-state index in [9.17, 15) is 18.0 Å². The van der Waals surface area contributed by atoms with Crippen molar-refractivity contribution in [3.05, 3.63) is 35.9 Å². The van der Waals surface area contributed by atoms with Crippen LogP contribution in [0.1, 0.15) is 12.0 Å². The van der Waals surface area contributed by atoms with E-state index in [1.54, 1.807) is 0 Å². The van der Waals surface area contributed by atoms with E-state index in [1.165, 1.54) is 4.90 Å². The SMILES string of the molecule is Cl.Cl.N[C@@H](Cc1ccccc1)C(=O)NCC1CCN(CC(F)(F)F)C1. The van der Waals surface area contributed by atoms with Crippen LogP contribution in [0.3, 0.4) is 0 Å². The Labute approximate surface area is 158 Å². The van der Waals surface area contributed by atoms with Crippen molar-refractivity contribution in [3.63, 3.8) is 0 Å². The fraction of sp³-hybridized carbons (Fsp3) is 0.562. The van der Waals surface area contributed by atoms with E-state index >= 15 is 0 Å². The summed E-state index contributed by atoms with van der Waals surface area (Å²) in [6, 6.07) is 8.81. The molecule has 0 saturated carbocycles. The smallest absolute Gasteiger partial charge is 0.354 e. The number of amides is 1. The highest BCUT2D eigenvalue weighted by Gasteiger charge is 2.34. The van der Waals surface area contributed by atoms with Crippen LogP contribution in [0.4, 0.5) is 13.2 Å². The van der Waals surface area contributed by atoms with Crippen molar-refractivity contribution >= 4 is 30.7 Å². The quantitative estimate of drug-likeness (QED) is 0.769. The molecule has 1 saturated heterocycles. The molecule has 4 nitrogen and oxygen atoms in total. The summed E-state index contributed by atoms with van der Waals surface area (Å²) in [6.07, 6.45) is -3.07. The van der Waals surface area contributed by atoms with Crippen LogP contribution in [-0.2, 0) is 11.2 Å². The molecule has 0 aliphatic carbocycles. The first-order valence-electron chi connectivity index (χ1n) is 7.70. The zero-order valence-electron chi connectivity index (χ0n) is 13.7. The van der Waals surface area contributed by atoms with Crippen molar-refractivity contribution in [2.24, 2.45) is 11.7 Å². The summed E-state index contributed by atoms with van der Waals surface area (Å²) in [6.45, 7) is 0.254. The largest absolute Gasteiger partial charge is 0.401 e. The van der Waals surface area contributed by atoms with Crippen molar-refractivity contribution in [1.29, 1.82) is 0 Å². The van der Waals surface area contributed by atoms with E-state index in [0.717, 1.165) is 5.56 Å². The maximum absolute atomic E-state index is 12.3. The number of benzene rings is 1. The maximum Gasteiger partial charge on any atom is 0.401 e. The van der Waals surface area contributed by atoms with Crippen LogP contribution in [0.25, 0.3) is 0 Å². The molecular formula is C16H24Cl2F3N3O. The zero-order chi connectivity index (χ0) is 16.9. The number of hydrogen-bond acceptors (Lipinski definition) is 3. The van der Waals surface area contributed by atoms with Crippen molar-refractivity contribution in [2.45, 2.75) is 25.1 Å². The normalized spacial score (nSPS) is 18.8. The molecule has 0 spiro atoms. The summed E-state index contributed by atoms with van der Waals surface area (Å²) in [5, 5.41) is 2.76. The van der Waals surface area contributed by atoms with E-state index in [0.29, 0.717) is 32.5 Å². The lowest BCUT2D eigenvalue weighted by atomic mass is 10.1. The molecule has 25 heavy (non-hydrogen) atoms. The van der Waals surface area contributed by atoms with Crippen molar-refractivity contribution in [1.82, 2.24) is 10.2 Å². The number of halogens is 5. The monoisotopic (exact) mass is 401 g/mol. The molecule has 2 rings (SSSR count). The number of alkyl halides is 3. The van der Waals surface area contributed by atoms with Gasteiger partial charge in [0.2, 0.25) is 5.91 Å². The van der Waals surface area contributed by atoms with Crippen molar-refractivity contribution < 1.29 is 18.0 Å². The first kappa shape index (κ1) is 24.0. The van der Waals surface area contributed by atoms with Gasteiger partial charge in [-0.05, 0) is 30.9 Å². The van der Waals surface area contributed by atoms with Crippen LogP contribution in [0, 0.1) is 5.92 Å². The van der Waals surface area contributed by atoms with Gasteiger partial charge in [-0.3, -0.25) is 9.69 Å². The Morgan fingerprint density at radius 3 is 2.52 bits per heavy atom. The lowest BCUT2D eigenvalue weighted by Crippen LogP contribution is -2.44. The van der Waals surface area contributed by atoms with Gasteiger partial charge in [-0.25, -0.2) is 0 Å². The minimum atomic E-state index is -4.17. The Balaban J connectivity index is 0.00000288. The first-order valence-corrected chi connectivity index (χ1v) is 7.70. The van der Waals surface area contributed by atoms with E-state index in [4.69, 9.17) is 5.73 Å². The van der Waals surface area contributed by atoms with Gasteiger partial charge in [-0.2, -0.15) is 13.2 Å². The fourth-order valence-electron chi connectivity index (χ4n) is 2.81. The maximum atomic E-state index is 12.3. The summed E-state index contributed by atoms with van der Waals surface area (Å²) in [5.41, 5.74) is 6.85. The van der Waals surface area contributed by atoms with E-state index in [-0.39, 0.29) is 36.6 Å². The third-order valence-electron chi connectivity index (χ3n) is 3.97. The number of carbonyl (C=O) groups excluding carboxylic acids is 1. The second-order valence-corrected chi connectivity index (χ2v) is 6.05. The van der Waals surface area contributed by atoms with Gasteiger partial charge in [0.05, 0.1) is 12.6 Å². The van der Waals surface area contributed by atoms with E-state index < -0.39 is 18.8 Å². The van der Waals surface area contributed by atoms with E-state index in [1.807, 2.05) is 30.3 Å². The predicted octanol–water partition coefficient (Wildman–Crippen LogP) is 2.40. The number of nitrogens with zero attached hydrogens (tertiary/aromatic N) is 1. The standard InChI is InChI=1S/C16H22F3N3O.2ClH/c17-16(18,19)11-22-7-6-13(10-22)9-21-15(23)14(20)8-12-4-2-1-3-5-12;;/h1-5,13-14H,6-11,20H2,(H,21,23);2*1H/t13?,14-;;/m0../s1. The highest BCUT2D eigenvalue weighted by atomic mass is 35.5. The Hall–Kier alpha value is -1.02. The molecule has 0 bridgehead atoms. The van der Waals surface area contributed by atoms with Crippen LogP contribution in [-0.4, -0.2) is 49.2 Å². The van der Waals surface area contributed by atoms with Gasteiger partial charge >= 0.3 is 6.18 Å². The van der Waals surface area contributed by atoms with Crippen LogP contribution in [0.5, 0.6) is 0 Å². The van der Waals surface area contributed by atoms with E-state index in [2.05, 4.69) is 5.32 Å². The van der Waals surface area contributed by atoms with Crippen molar-refractivity contribution in [3.8, 4) is 0 Å². The Morgan fingerprint density at radius 1 is 1.28 bits per heavy atom. The van der Waals surface area contributed by atoms with Crippen LogP contribution < -0.4 is 11.1 Å². The summed E-state index contributed by atoms with van der Waals surface area (Å²) in [7, 11) is 0. The van der Waals surface area contributed by atoms with Gasteiger partial charge in [0, 0.05) is 13.1 Å². The van der Waals surface area contributed by atoms with Gasteiger partial charge in [0.1, 0.15) is 0 Å². The molecule has 144 valence electrons. The molecule has 1 unspecified atom stereocenters. The molecule has 0 aromatic heterocycles. The number of hydrogen-bond donors (Lipinski definition) is 2. The second kappa shape index (κ2) is 10.9. The molecular weight excluding hydrogens is 378 g/mol. The molecule has 1 aromatic carbocycles. The van der Waals surface area contributed by atoms with Crippen molar-refractivity contribution in [2.75, 3.05) is 26.2 Å². The molecule has 1 fully saturated rings. The highest BCUT2D eigenvalue weighted by Crippen LogP contribution is 2.22. The number of rotatable bonds is 6. The summed E-state index contributed by atoms with van der Waals surface area (Å²) < 4.78 is 37.0. The number of nitrogens with two attached hydrogens (primary N) is 1. The molecule has 0 radical (unpaired) electrons. The molecule has 2 atom stereocenters. The van der Waals surface area contributed by atoms with Gasteiger partial charge in [0.15, 0.2) is 0 Å². The highest BCUT2D eigenvalue weighted by molar-refractivity contribution is 5.85. The summed E-state index contributed by atoms with van der Waals surface area (Å²) in [4.78, 5) is 13.4. The topological polar surface area (TPSA) is 58.4 Å². The fourth-order valence-corrected chi connectivity index (χ4v) is 2.81. The number of likely N-dealkylation sites (tertiary alicyclic amines) is 1. The summed E-state index contributed by atoms with van der Waals surface area (Å²) >= 11 is 0. The number of carbonyl (C=O) groups is 1. The molecule has 1 aliphatic rings. The molecule has 3 N–H and O–H groups in total. The third-order valence-corrected chi connectivity index (χ3v) is 3.97. The second-order valence-electron chi connectivity index (χ2n) is 6.05. The van der Waals surface area contributed by atoms with Gasteiger partial charge in [-0.15, -0.1) is 24.8 Å². The first-order chi connectivity index (χ1) is 10.8. The zero-order valence-corrected chi connectivity index (χ0v) is 15.3. The Kier molecular flexibility index (Phi) is 10.4. The summed E-state index contributed by atoms with van der Waals surface area (Å²) in [5.74, 6) is -0.214. The van der Waals surface area contributed by atoms with Crippen LogP contribution >= 0.6 is 24.8 Å². The van der Waals surface area contributed by atoms with Gasteiger partial charge < -0.3 is 11.1 Å².